The minimum absolute atomic E-state index is 0.125. The average Bonchev–Trinajstić information content (AvgIpc) is 3.04. The Hall–Kier alpha value is -3.13. The third kappa shape index (κ3) is 5.11. The lowest BCUT2D eigenvalue weighted by molar-refractivity contribution is -0.114. The number of hydrogen-bond acceptors (Lipinski definition) is 4. The molecule has 3 rings (SSSR count). The summed E-state index contributed by atoms with van der Waals surface area (Å²) in [7, 11) is -2.34. The monoisotopic (exact) mass is 468 g/mol. The van der Waals surface area contributed by atoms with Gasteiger partial charge in [-0.25, -0.2) is 8.42 Å². The fourth-order valence-electron chi connectivity index (χ4n) is 3.85. The van der Waals surface area contributed by atoms with E-state index in [2.05, 4.69) is 24.3 Å². The van der Waals surface area contributed by atoms with Crippen LogP contribution < -0.4 is 9.62 Å². The van der Waals surface area contributed by atoms with Crippen LogP contribution in [0.2, 0.25) is 0 Å². The molecule has 0 radical (unpaired) electrons. The van der Waals surface area contributed by atoms with Gasteiger partial charge < -0.3 is 5.32 Å². The summed E-state index contributed by atoms with van der Waals surface area (Å²) in [5.41, 5.74) is 4.11. The van der Waals surface area contributed by atoms with E-state index in [4.69, 9.17) is 0 Å². The lowest BCUT2D eigenvalue weighted by Crippen LogP contribution is -2.38. The molecule has 0 fully saturated rings. The van der Waals surface area contributed by atoms with Crippen LogP contribution in [0.15, 0.2) is 53.4 Å². The first kappa shape index (κ1) is 24.5. The largest absolute Gasteiger partial charge is 0.324 e. The third-order valence-corrected chi connectivity index (χ3v) is 7.82. The van der Waals surface area contributed by atoms with Gasteiger partial charge in [-0.15, -0.1) is 0 Å². The Morgan fingerprint density at radius 2 is 1.73 bits per heavy atom. The third-order valence-electron chi connectivity index (χ3n) is 5.80. The minimum atomic E-state index is -4.04. The number of hydrogen-bond donors (Lipinski definition) is 1. The smallest absolute Gasteiger partial charge is 0.268 e. The van der Waals surface area contributed by atoms with Crippen LogP contribution in [-0.2, 0) is 28.3 Å². The molecule has 0 saturated carbocycles. The fourth-order valence-corrected chi connectivity index (χ4v) is 5.68. The zero-order valence-corrected chi connectivity index (χ0v) is 20.9. The highest BCUT2D eigenvalue weighted by Crippen LogP contribution is 2.29. The quantitative estimate of drug-likeness (QED) is 0.525. The second kappa shape index (κ2) is 9.79. The molecular formula is C25H32N4O3S. The summed E-state index contributed by atoms with van der Waals surface area (Å²) < 4.78 is 30.3. The van der Waals surface area contributed by atoms with Crippen molar-refractivity contribution in [3.8, 4) is 0 Å². The van der Waals surface area contributed by atoms with Crippen LogP contribution in [0, 0.1) is 13.8 Å². The van der Waals surface area contributed by atoms with Gasteiger partial charge in [-0.2, -0.15) is 5.10 Å². The predicted octanol–water partition coefficient (Wildman–Crippen LogP) is 4.56. The number of rotatable bonds is 8. The molecule has 0 aliphatic carbocycles. The molecule has 7 nitrogen and oxygen atoms in total. The Kier molecular flexibility index (Phi) is 7.27. The molecule has 0 saturated heterocycles. The number of sulfonamides is 1. The van der Waals surface area contributed by atoms with Crippen molar-refractivity contribution in [1.29, 1.82) is 0 Å². The molecule has 33 heavy (non-hydrogen) atoms. The van der Waals surface area contributed by atoms with E-state index < -0.39 is 15.9 Å². The second-order valence-corrected chi connectivity index (χ2v) is 10.2. The molecule has 3 aromatic rings. The molecule has 0 unspecified atom stereocenters. The van der Waals surface area contributed by atoms with Gasteiger partial charge in [-0.1, -0.05) is 51.1 Å². The van der Waals surface area contributed by atoms with Crippen LogP contribution in [0.3, 0.4) is 0 Å². The summed E-state index contributed by atoms with van der Waals surface area (Å²) in [5.74, 6) is -0.104. The van der Waals surface area contributed by atoms with Crippen LogP contribution in [0.5, 0.6) is 0 Å². The molecule has 0 atom stereocenters. The highest BCUT2D eigenvalue weighted by atomic mass is 32.2. The SMILES string of the molecule is CCc1ccccc1NC(=O)CN(c1ccc(C(C)C)cc1)S(=O)(=O)c1c(C)nn(C)c1C. The van der Waals surface area contributed by atoms with Gasteiger partial charge in [0.05, 0.1) is 17.1 Å². The number of aryl methyl sites for hydroxylation is 3. The Bertz CT molecular complexity index is 1250. The van der Waals surface area contributed by atoms with Crippen molar-refractivity contribution >= 4 is 27.3 Å². The molecular weight excluding hydrogens is 436 g/mol. The van der Waals surface area contributed by atoms with E-state index in [1.165, 1.54) is 0 Å². The number of nitrogens with one attached hydrogen (secondary N) is 1. The normalized spacial score (nSPS) is 11.6. The minimum Gasteiger partial charge on any atom is -0.324 e. The number of benzene rings is 2. The van der Waals surface area contributed by atoms with Gasteiger partial charge in [0.15, 0.2) is 0 Å². The molecule has 8 heteroatoms. The Morgan fingerprint density at radius 1 is 1.09 bits per heavy atom. The summed E-state index contributed by atoms with van der Waals surface area (Å²) >= 11 is 0. The van der Waals surface area contributed by atoms with Crippen molar-refractivity contribution in [2.75, 3.05) is 16.2 Å². The maximum Gasteiger partial charge on any atom is 0.268 e. The van der Waals surface area contributed by atoms with Crippen molar-refractivity contribution in [1.82, 2.24) is 9.78 Å². The standard InChI is InChI=1S/C25H32N4O3S/c1-7-20-10-8-9-11-23(20)26-24(30)16-29(22-14-12-21(13-15-22)17(2)3)33(31,32)25-18(4)27-28(6)19(25)5/h8-15,17H,7,16H2,1-6H3,(H,26,30). The Labute approximate surface area is 196 Å². The van der Waals surface area contributed by atoms with E-state index >= 15 is 0 Å². The highest BCUT2D eigenvalue weighted by molar-refractivity contribution is 7.93. The summed E-state index contributed by atoms with van der Waals surface area (Å²) in [4.78, 5) is 13.2. The molecule has 1 amide bonds. The van der Waals surface area contributed by atoms with Gasteiger partial charge in [0, 0.05) is 12.7 Å². The van der Waals surface area contributed by atoms with Gasteiger partial charge >= 0.3 is 0 Å². The first-order valence-electron chi connectivity index (χ1n) is 11.1. The highest BCUT2D eigenvalue weighted by Gasteiger charge is 2.32. The maximum atomic E-state index is 13.8. The number of anilines is 2. The topological polar surface area (TPSA) is 84.3 Å². The van der Waals surface area contributed by atoms with E-state index in [-0.39, 0.29) is 11.4 Å². The van der Waals surface area contributed by atoms with E-state index in [9.17, 15) is 13.2 Å². The number of aromatic nitrogens is 2. The molecule has 2 aromatic carbocycles. The molecule has 0 spiro atoms. The van der Waals surface area contributed by atoms with Crippen molar-refractivity contribution < 1.29 is 13.2 Å². The number of nitrogens with zero attached hydrogens (tertiary/aromatic N) is 3. The molecule has 1 heterocycles. The fraction of sp³-hybridized carbons (Fsp3) is 0.360. The molecule has 0 aliphatic heterocycles. The average molecular weight is 469 g/mol. The van der Waals surface area contributed by atoms with Crippen molar-refractivity contribution in [3.05, 3.63) is 71.0 Å². The predicted molar refractivity (Wildman–Crippen MR) is 132 cm³/mol. The molecule has 1 aromatic heterocycles. The maximum absolute atomic E-state index is 13.8. The van der Waals surface area contributed by atoms with E-state index in [1.54, 1.807) is 37.7 Å². The van der Waals surface area contributed by atoms with Crippen LogP contribution >= 0.6 is 0 Å². The number of carbonyl (C=O) groups excluding carboxylic acids is 1. The van der Waals surface area contributed by atoms with Gasteiger partial charge in [-0.05, 0) is 55.5 Å². The Balaban J connectivity index is 2.02. The lowest BCUT2D eigenvalue weighted by atomic mass is 10.0. The molecule has 1 N–H and O–H groups in total. The molecule has 0 bridgehead atoms. The number of carbonyl (C=O) groups is 1. The molecule has 176 valence electrons. The summed E-state index contributed by atoms with van der Waals surface area (Å²) in [6.45, 7) is 9.18. The van der Waals surface area contributed by atoms with Crippen LogP contribution in [0.1, 0.15) is 49.2 Å². The van der Waals surface area contributed by atoms with E-state index in [1.807, 2.05) is 43.3 Å². The number of para-hydroxylation sites is 1. The van der Waals surface area contributed by atoms with Gasteiger partial charge in [0.1, 0.15) is 11.4 Å². The van der Waals surface area contributed by atoms with E-state index in [0.717, 1.165) is 21.9 Å². The van der Waals surface area contributed by atoms with Crippen molar-refractivity contribution in [2.45, 2.75) is 51.9 Å². The Morgan fingerprint density at radius 3 is 2.27 bits per heavy atom. The van der Waals surface area contributed by atoms with Gasteiger partial charge in [0.25, 0.3) is 10.0 Å². The van der Waals surface area contributed by atoms with Gasteiger partial charge in [0.2, 0.25) is 5.91 Å². The molecule has 0 aliphatic rings. The summed E-state index contributed by atoms with van der Waals surface area (Å²) in [6.07, 6.45) is 0.753. The lowest BCUT2D eigenvalue weighted by Gasteiger charge is -2.25. The van der Waals surface area contributed by atoms with Crippen molar-refractivity contribution in [3.63, 3.8) is 0 Å². The summed E-state index contributed by atoms with van der Waals surface area (Å²) in [5, 5.41) is 7.15. The summed E-state index contributed by atoms with van der Waals surface area (Å²) in [6, 6.07) is 14.8. The first-order chi connectivity index (χ1) is 15.6. The van der Waals surface area contributed by atoms with Crippen LogP contribution in [0.25, 0.3) is 0 Å². The zero-order chi connectivity index (χ0) is 24.3. The number of amides is 1. The first-order valence-corrected chi connectivity index (χ1v) is 12.5. The zero-order valence-electron chi connectivity index (χ0n) is 20.1. The van der Waals surface area contributed by atoms with Crippen molar-refractivity contribution in [2.24, 2.45) is 7.05 Å². The second-order valence-electron chi connectivity index (χ2n) is 8.44. The van der Waals surface area contributed by atoms with Gasteiger partial charge in [-0.3, -0.25) is 13.8 Å². The van der Waals surface area contributed by atoms with E-state index in [0.29, 0.717) is 28.7 Å². The van der Waals surface area contributed by atoms with Crippen LogP contribution in [0.4, 0.5) is 11.4 Å². The van der Waals surface area contributed by atoms with Crippen LogP contribution in [-0.4, -0.2) is 30.7 Å².